The second kappa shape index (κ2) is 8.34. The maximum absolute atomic E-state index is 12.5. The Morgan fingerprint density at radius 3 is 1.88 bits per heavy atom. The van der Waals surface area contributed by atoms with E-state index in [4.69, 9.17) is 9.47 Å². The van der Waals surface area contributed by atoms with Crippen molar-refractivity contribution in [2.24, 2.45) is 0 Å². The Hall–Kier alpha value is -2.08. The number of rotatable bonds is 6. The molecule has 1 fully saturated rings. The highest BCUT2D eigenvalue weighted by Crippen LogP contribution is 2.29. The number of carbonyl (C=O) groups is 2. The molecule has 0 N–H and O–H groups in total. The summed E-state index contributed by atoms with van der Waals surface area (Å²) >= 11 is 0. The number of nitrogens with zero attached hydrogens (tertiary/aromatic N) is 2. The van der Waals surface area contributed by atoms with Gasteiger partial charge in [0, 0.05) is 31.9 Å². The van der Waals surface area contributed by atoms with Crippen LogP contribution in [-0.4, -0.2) is 63.3 Å². The highest BCUT2D eigenvalue weighted by Gasteiger charge is 2.46. The van der Waals surface area contributed by atoms with Crippen LogP contribution in [0, 0.1) is 0 Å². The van der Waals surface area contributed by atoms with Crippen molar-refractivity contribution in [3.8, 4) is 0 Å². The Morgan fingerprint density at radius 1 is 0.960 bits per heavy atom. The van der Waals surface area contributed by atoms with Crippen LogP contribution in [0.4, 0.5) is 5.69 Å². The van der Waals surface area contributed by atoms with Crippen molar-refractivity contribution >= 4 is 17.6 Å². The maximum Gasteiger partial charge on any atom is 0.327 e. The SMILES string of the molecule is CCOC(=O)C(C)(C(=O)OCC)c1ccc(N2CCN(C)CC2)cc1. The molecule has 0 aromatic heterocycles. The summed E-state index contributed by atoms with van der Waals surface area (Å²) in [5.74, 6) is -1.17. The first kappa shape index (κ1) is 19.2. The molecule has 0 unspecified atom stereocenters. The summed E-state index contributed by atoms with van der Waals surface area (Å²) < 4.78 is 10.3. The Kier molecular flexibility index (Phi) is 6.42. The average Bonchev–Trinajstić information content (AvgIpc) is 2.62. The Bertz CT molecular complexity index is 574. The number of benzene rings is 1. The highest BCUT2D eigenvalue weighted by atomic mass is 16.6. The number of anilines is 1. The fourth-order valence-electron chi connectivity index (χ4n) is 2.94. The molecule has 1 aromatic rings. The summed E-state index contributed by atoms with van der Waals surface area (Å²) in [6.07, 6.45) is 0. The molecule has 25 heavy (non-hydrogen) atoms. The van der Waals surface area contributed by atoms with Crippen LogP contribution < -0.4 is 4.90 Å². The first-order chi connectivity index (χ1) is 11.9. The summed E-state index contributed by atoms with van der Waals surface area (Å²) in [5, 5.41) is 0. The van der Waals surface area contributed by atoms with Gasteiger partial charge in [-0.25, -0.2) is 0 Å². The molecule has 1 saturated heterocycles. The Labute approximate surface area is 149 Å². The van der Waals surface area contributed by atoms with Gasteiger partial charge in [-0.3, -0.25) is 9.59 Å². The van der Waals surface area contributed by atoms with Crippen LogP contribution in [0.5, 0.6) is 0 Å². The Morgan fingerprint density at radius 2 is 1.44 bits per heavy atom. The van der Waals surface area contributed by atoms with Gasteiger partial charge in [0.15, 0.2) is 5.41 Å². The summed E-state index contributed by atoms with van der Waals surface area (Å²) in [5.41, 5.74) is 0.223. The first-order valence-electron chi connectivity index (χ1n) is 8.82. The number of ether oxygens (including phenoxy) is 2. The van der Waals surface area contributed by atoms with Gasteiger partial charge >= 0.3 is 11.9 Å². The van der Waals surface area contributed by atoms with E-state index in [2.05, 4.69) is 16.8 Å². The number of carbonyl (C=O) groups excluding carboxylic acids is 2. The van der Waals surface area contributed by atoms with Crippen LogP contribution in [0.25, 0.3) is 0 Å². The van der Waals surface area contributed by atoms with E-state index in [9.17, 15) is 9.59 Å². The highest BCUT2D eigenvalue weighted by molar-refractivity contribution is 6.05. The van der Waals surface area contributed by atoms with Crippen LogP contribution in [0.2, 0.25) is 0 Å². The zero-order valence-corrected chi connectivity index (χ0v) is 15.6. The maximum atomic E-state index is 12.5. The van der Waals surface area contributed by atoms with Gasteiger partial charge in [0.25, 0.3) is 0 Å². The summed E-state index contributed by atoms with van der Waals surface area (Å²) in [4.78, 5) is 29.5. The molecule has 1 aliphatic heterocycles. The molecule has 6 nitrogen and oxygen atoms in total. The normalized spacial score (nSPS) is 15.8. The molecular formula is C19H28N2O4. The zero-order valence-electron chi connectivity index (χ0n) is 15.6. The largest absolute Gasteiger partial charge is 0.465 e. The lowest BCUT2D eigenvalue weighted by Crippen LogP contribution is -2.45. The van der Waals surface area contributed by atoms with Crippen LogP contribution in [-0.2, 0) is 24.5 Å². The second-order valence-electron chi connectivity index (χ2n) is 6.40. The van der Waals surface area contributed by atoms with Gasteiger partial charge in [-0.1, -0.05) is 12.1 Å². The van der Waals surface area contributed by atoms with E-state index in [1.807, 2.05) is 24.3 Å². The summed E-state index contributed by atoms with van der Waals surface area (Å²) in [6, 6.07) is 7.55. The van der Waals surface area contributed by atoms with E-state index in [0.717, 1.165) is 31.9 Å². The molecule has 0 aliphatic carbocycles. The van der Waals surface area contributed by atoms with Crippen molar-refractivity contribution in [3.63, 3.8) is 0 Å². The molecule has 138 valence electrons. The van der Waals surface area contributed by atoms with Gasteiger partial charge in [-0.15, -0.1) is 0 Å². The molecule has 0 amide bonds. The van der Waals surface area contributed by atoms with Gasteiger partial charge in [0.2, 0.25) is 0 Å². The molecule has 1 aromatic carbocycles. The third-order valence-corrected chi connectivity index (χ3v) is 4.68. The first-order valence-corrected chi connectivity index (χ1v) is 8.82. The molecule has 0 atom stereocenters. The van der Waals surface area contributed by atoms with Crippen molar-refractivity contribution in [1.29, 1.82) is 0 Å². The van der Waals surface area contributed by atoms with Crippen molar-refractivity contribution in [2.45, 2.75) is 26.2 Å². The molecule has 1 heterocycles. The minimum Gasteiger partial charge on any atom is -0.465 e. The lowest BCUT2D eigenvalue weighted by Gasteiger charge is -2.34. The van der Waals surface area contributed by atoms with E-state index in [1.165, 1.54) is 0 Å². The topological polar surface area (TPSA) is 59.1 Å². The van der Waals surface area contributed by atoms with Crippen molar-refractivity contribution < 1.29 is 19.1 Å². The molecule has 1 aliphatic rings. The molecule has 6 heteroatoms. The minimum absolute atomic E-state index is 0.215. The summed E-state index contributed by atoms with van der Waals surface area (Å²) in [6.45, 7) is 9.40. The fraction of sp³-hybridized carbons (Fsp3) is 0.579. The second-order valence-corrected chi connectivity index (χ2v) is 6.40. The third kappa shape index (κ3) is 4.12. The number of piperazine rings is 1. The molecule has 0 saturated carbocycles. The van der Waals surface area contributed by atoms with E-state index in [-0.39, 0.29) is 13.2 Å². The van der Waals surface area contributed by atoms with Gasteiger partial charge in [0.05, 0.1) is 13.2 Å². The van der Waals surface area contributed by atoms with Gasteiger partial charge < -0.3 is 19.3 Å². The molecule has 0 spiro atoms. The van der Waals surface area contributed by atoms with Crippen LogP contribution in [0.15, 0.2) is 24.3 Å². The van der Waals surface area contributed by atoms with Gasteiger partial charge in [-0.2, -0.15) is 0 Å². The third-order valence-electron chi connectivity index (χ3n) is 4.68. The van der Waals surface area contributed by atoms with Gasteiger partial charge in [-0.05, 0) is 45.5 Å². The standard InChI is InChI=1S/C19H28N2O4/c1-5-24-17(22)19(3,18(23)25-6-2)15-7-9-16(10-8-15)21-13-11-20(4)12-14-21/h7-10H,5-6,11-14H2,1-4H3. The van der Waals surface area contributed by atoms with E-state index >= 15 is 0 Å². The van der Waals surface area contributed by atoms with Crippen molar-refractivity contribution in [2.75, 3.05) is 51.3 Å². The smallest absolute Gasteiger partial charge is 0.327 e. The van der Waals surface area contributed by atoms with E-state index < -0.39 is 17.4 Å². The Balaban J connectivity index is 2.25. The van der Waals surface area contributed by atoms with E-state index in [1.54, 1.807) is 20.8 Å². The lowest BCUT2D eigenvalue weighted by atomic mass is 9.82. The number of likely N-dealkylation sites (N-methyl/N-ethyl adjacent to an activating group) is 1. The predicted octanol–water partition coefficient (Wildman–Crippen LogP) is 1.82. The molecule has 0 radical (unpaired) electrons. The van der Waals surface area contributed by atoms with Crippen LogP contribution in [0.1, 0.15) is 26.3 Å². The van der Waals surface area contributed by atoms with Crippen LogP contribution in [0.3, 0.4) is 0 Å². The monoisotopic (exact) mass is 348 g/mol. The van der Waals surface area contributed by atoms with E-state index in [0.29, 0.717) is 5.56 Å². The number of hydrogen-bond acceptors (Lipinski definition) is 6. The molecule has 2 rings (SSSR count). The number of esters is 2. The van der Waals surface area contributed by atoms with Crippen molar-refractivity contribution in [1.82, 2.24) is 4.90 Å². The summed E-state index contributed by atoms with van der Waals surface area (Å²) in [7, 11) is 2.12. The molecular weight excluding hydrogens is 320 g/mol. The van der Waals surface area contributed by atoms with Crippen molar-refractivity contribution in [3.05, 3.63) is 29.8 Å². The molecule has 0 bridgehead atoms. The zero-order chi connectivity index (χ0) is 18.4. The fourth-order valence-corrected chi connectivity index (χ4v) is 2.94. The minimum atomic E-state index is -1.45. The predicted molar refractivity (Wildman–Crippen MR) is 96.8 cm³/mol. The average molecular weight is 348 g/mol. The van der Waals surface area contributed by atoms with Gasteiger partial charge in [0.1, 0.15) is 0 Å². The lowest BCUT2D eigenvalue weighted by molar-refractivity contribution is -0.163. The quantitative estimate of drug-likeness (QED) is 0.577. The number of hydrogen-bond donors (Lipinski definition) is 0. The van der Waals surface area contributed by atoms with Crippen LogP contribution >= 0.6 is 0 Å².